The number of benzene rings is 1. The molecule has 0 saturated carbocycles. The molecule has 7 heteroatoms. The maximum absolute atomic E-state index is 12.2. The first-order valence-corrected chi connectivity index (χ1v) is 8.96. The molecule has 0 radical (unpaired) electrons. The van der Waals surface area contributed by atoms with Crippen molar-refractivity contribution in [2.75, 3.05) is 26.2 Å². The van der Waals surface area contributed by atoms with Crippen molar-refractivity contribution in [1.82, 2.24) is 15.5 Å². The Kier molecular flexibility index (Phi) is 9.36. The fourth-order valence-electron chi connectivity index (χ4n) is 2.42. The van der Waals surface area contributed by atoms with Gasteiger partial charge in [0.15, 0.2) is 0 Å². The zero-order chi connectivity index (χ0) is 19.5. The van der Waals surface area contributed by atoms with E-state index in [1.165, 1.54) is 5.56 Å². The van der Waals surface area contributed by atoms with E-state index in [2.05, 4.69) is 34.4 Å². The summed E-state index contributed by atoms with van der Waals surface area (Å²) in [6.45, 7) is 8.23. The van der Waals surface area contributed by atoms with Crippen LogP contribution in [0.3, 0.4) is 0 Å². The van der Waals surface area contributed by atoms with Crippen molar-refractivity contribution >= 4 is 17.9 Å². The molecule has 7 nitrogen and oxygen atoms in total. The van der Waals surface area contributed by atoms with Crippen LogP contribution in [0.5, 0.6) is 0 Å². The van der Waals surface area contributed by atoms with Gasteiger partial charge in [0.05, 0.1) is 25.7 Å². The highest BCUT2D eigenvalue weighted by molar-refractivity contribution is 5.93. The van der Waals surface area contributed by atoms with E-state index in [4.69, 9.17) is 0 Å². The summed E-state index contributed by atoms with van der Waals surface area (Å²) >= 11 is 0. The number of ether oxygens (including phenoxy) is 1. The average molecular weight is 363 g/mol. The minimum atomic E-state index is -0.776. The van der Waals surface area contributed by atoms with Gasteiger partial charge in [-0.3, -0.25) is 19.8 Å². The number of amides is 3. The molecule has 3 amide bonds. The highest BCUT2D eigenvalue weighted by atomic mass is 16.5. The van der Waals surface area contributed by atoms with Gasteiger partial charge < -0.3 is 10.1 Å². The van der Waals surface area contributed by atoms with Crippen LogP contribution in [0.25, 0.3) is 0 Å². The number of nitrogens with zero attached hydrogens (tertiary/aromatic N) is 1. The molecule has 0 aromatic heterocycles. The number of alkyl carbamates (subject to hydrolysis) is 1. The van der Waals surface area contributed by atoms with E-state index in [1.807, 2.05) is 26.0 Å². The van der Waals surface area contributed by atoms with Gasteiger partial charge in [-0.15, -0.1) is 0 Å². The average Bonchev–Trinajstić information content (AvgIpc) is 2.61. The van der Waals surface area contributed by atoms with Crippen LogP contribution >= 0.6 is 0 Å². The summed E-state index contributed by atoms with van der Waals surface area (Å²) in [5.41, 5.74) is 2.27. The highest BCUT2D eigenvalue weighted by Gasteiger charge is 2.17. The van der Waals surface area contributed by atoms with Crippen LogP contribution in [-0.4, -0.2) is 49.0 Å². The number of imide groups is 1. The molecule has 0 fully saturated rings. The maximum Gasteiger partial charge on any atom is 0.413 e. The zero-order valence-electron chi connectivity index (χ0n) is 16.0. The van der Waals surface area contributed by atoms with Gasteiger partial charge in [0.25, 0.3) is 0 Å². The number of nitrogens with one attached hydrogen (secondary N) is 2. The number of aryl methyl sites for hydroxylation is 1. The molecule has 0 aliphatic rings. The summed E-state index contributed by atoms with van der Waals surface area (Å²) in [5, 5.41) is 5.05. The predicted octanol–water partition coefficient (Wildman–Crippen LogP) is 2.02. The van der Waals surface area contributed by atoms with Crippen LogP contribution in [-0.2, 0) is 20.7 Å². The van der Waals surface area contributed by atoms with Gasteiger partial charge in [-0.2, -0.15) is 0 Å². The quantitative estimate of drug-likeness (QED) is 0.701. The largest absolute Gasteiger partial charge is 0.450 e. The Morgan fingerprint density at radius 3 is 2.19 bits per heavy atom. The van der Waals surface area contributed by atoms with Crippen LogP contribution in [0, 0.1) is 0 Å². The van der Waals surface area contributed by atoms with Gasteiger partial charge in [0.1, 0.15) is 0 Å². The topological polar surface area (TPSA) is 87.7 Å². The number of rotatable bonds is 9. The Morgan fingerprint density at radius 2 is 1.65 bits per heavy atom. The molecule has 0 heterocycles. The first-order chi connectivity index (χ1) is 12.4. The minimum absolute atomic E-state index is 0.0533. The van der Waals surface area contributed by atoms with Gasteiger partial charge in [-0.25, -0.2) is 4.79 Å². The molecule has 2 N–H and O–H groups in total. The SMILES string of the molecule is CCOC(=O)NC(=O)CN(CC)CC(=O)N[C@@H](C)c1ccc(CC)cc1. The molecule has 26 heavy (non-hydrogen) atoms. The van der Waals surface area contributed by atoms with E-state index in [0.717, 1.165) is 12.0 Å². The molecule has 1 aromatic rings. The second kappa shape index (κ2) is 11.3. The molecular formula is C19H29N3O4. The van der Waals surface area contributed by atoms with Crippen molar-refractivity contribution in [3.63, 3.8) is 0 Å². The fraction of sp³-hybridized carbons (Fsp3) is 0.526. The number of likely N-dealkylation sites (N-methyl/N-ethyl adjacent to an activating group) is 1. The third-order valence-corrected chi connectivity index (χ3v) is 3.96. The maximum atomic E-state index is 12.2. The fourth-order valence-corrected chi connectivity index (χ4v) is 2.42. The summed E-state index contributed by atoms with van der Waals surface area (Å²) in [5.74, 6) is -0.677. The molecule has 0 unspecified atom stereocenters. The molecule has 0 bridgehead atoms. The molecule has 144 valence electrons. The third kappa shape index (κ3) is 7.65. The molecule has 1 atom stereocenters. The van der Waals surface area contributed by atoms with Crippen LogP contribution < -0.4 is 10.6 Å². The van der Waals surface area contributed by atoms with E-state index in [-0.39, 0.29) is 31.6 Å². The molecule has 0 spiro atoms. The summed E-state index contributed by atoms with van der Waals surface area (Å²) in [7, 11) is 0. The molecule has 0 aliphatic heterocycles. The number of hydrogen-bond donors (Lipinski definition) is 2. The summed E-state index contributed by atoms with van der Waals surface area (Å²) in [4.78, 5) is 36.9. The number of carbonyl (C=O) groups excluding carboxylic acids is 3. The van der Waals surface area contributed by atoms with Crippen molar-refractivity contribution in [1.29, 1.82) is 0 Å². The molecule has 1 rings (SSSR count). The van der Waals surface area contributed by atoms with E-state index >= 15 is 0 Å². The highest BCUT2D eigenvalue weighted by Crippen LogP contribution is 2.13. The van der Waals surface area contributed by atoms with Gasteiger partial charge in [-0.05, 0) is 37.9 Å². The lowest BCUT2D eigenvalue weighted by molar-refractivity contribution is -0.125. The van der Waals surface area contributed by atoms with Gasteiger partial charge in [0, 0.05) is 0 Å². The normalized spacial score (nSPS) is 11.7. The Balaban J connectivity index is 2.49. The van der Waals surface area contributed by atoms with Crippen molar-refractivity contribution in [3.8, 4) is 0 Å². The van der Waals surface area contributed by atoms with Crippen LogP contribution in [0.15, 0.2) is 24.3 Å². The predicted molar refractivity (Wildman–Crippen MR) is 99.7 cm³/mol. The number of hydrogen-bond acceptors (Lipinski definition) is 5. The Hall–Kier alpha value is -2.41. The second-order valence-corrected chi connectivity index (χ2v) is 5.96. The molecule has 0 aliphatic carbocycles. The monoisotopic (exact) mass is 363 g/mol. The van der Waals surface area contributed by atoms with E-state index in [0.29, 0.717) is 6.54 Å². The van der Waals surface area contributed by atoms with Crippen LogP contribution in [0.1, 0.15) is 44.9 Å². The molecule has 0 saturated heterocycles. The van der Waals surface area contributed by atoms with Crippen LogP contribution in [0.4, 0.5) is 4.79 Å². The Morgan fingerprint density at radius 1 is 1.04 bits per heavy atom. The second-order valence-electron chi connectivity index (χ2n) is 5.96. The van der Waals surface area contributed by atoms with Gasteiger partial charge >= 0.3 is 6.09 Å². The lowest BCUT2D eigenvalue weighted by Crippen LogP contribution is -2.44. The van der Waals surface area contributed by atoms with Crippen molar-refractivity contribution in [2.24, 2.45) is 0 Å². The Bertz CT molecular complexity index is 601. The summed E-state index contributed by atoms with van der Waals surface area (Å²) in [6.07, 6.45) is 0.197. The lowest BCUT2D eigenvalue weighted by atomic mass is 10.1. The van der Waals surface area contributed by atoms with Crippen LogP contribution in [0.2, 0.25) is 0 Å². The molecular weight excluding hydrogens is 334 g/mol. The molecule has 1 aromatic carbocycles. The van der Waals surface area contributed by atoms with E-state index < -0.39 is 12.0 Å². The number of carbonyl (C=O) groups is 3. The van der Waals surface area contributed by atoms with Crippen molar-refractivity contribution in [2.45, 2.75) is 40.2 Å². The standard InChI is InChI=1S/C19H29N3O4/c1-5-15-8-10-16(11-9-15)14(4)20-17(23)12-22(6-2)13-18(24)21-19(25)26-7-3/h8-11,14H,5-7,12-13H2,1-4H3,(H,20,23)(H,21,24,25)/t14-/m0/s1. The summed E-state index contributed by atoms with van der Waals surface area (Å²) in [6, 6.07) is 7.99. The first kappa shape index (κ1) is 21.6. The summed E-state index contributed by atoms with van der Waals surface area (Å²) < 4.78 is 4.66. The first-order valence-electron chi connectivity index (χ1n) is 8.96. The smallest absolute Gasteiger partial charge is 0.413 e. The Labute approximate surface area is 155 Å². The zero-order valence-corrected chi connectivity index (χ0v) is 16.0. The van der Waals surface area contributed by atoms with Crippen molar-refractivity contribution < 1.29 is 19.1 Å². The van der Waals surface area contributed by atoms with E-state index in [9.17, 15) is 14.4 Å². The van der Waals surface area contributed by atoms with Crippen molar-refractivity contribution in [3.05, 3.63) is 35.4 Å². The lowest BCUT2D eigenvalue weighted by Gasteiger charge is -2.21. The van der Waals surface area contributed by atoms with E-state index in [1.54, 1.807) is 11.8 Å². The third-order valence-electron chi connectivity index (χ3n) is 3.96. The minimum Gasteiger partial charge on any atom is -0.450 e. The van der Waals surface area contributed by atoms with Gasteiger partial charge in [0.2, 0.25) is 11.8 Å². The van der Waals surface area contributed by atoms with Gasteiger partial charge in [-0.1, -0.05) is 38.1 Å².